The molecule has 1 aromatic carbocycles. The van der Waals surface area contributed by atoms with Crippen LogP contribution in [0.2, 0.25) is 0 Å². The van der Waals surface area contributed by atoms with Crippen molar-refractivity contribution in [2.75, 3.05) is 0 Å². The first kappa shape index (κ1) is 14.3. The Hall–Kier alpha value is -1.13. The van der Waals surface area contributed by atoms with Gasteiger partial charge in [-0.2, -0.15) is 0 Å². The summed E-state index contributed by atoms with van der Waals surface area (Å²) in [4.78, 5) is 0. The predicted molar refractivity (Wildman–Crippen MR) is 83.6 cm³/mol. The molecule has 2 rings (SSSR count). The maximum atomic E-state index is 5.38. The Kier molecular flexibility index (Phi) is 5.16. The van der Waals surface area contributed by atoms with Crippen molar-refractivity contribution in [3.63, 3.8) is 0 Å². The van der Waals surface area contributed by atoms with E-state index in [-0.39, 0.29) is 0 Å². The van der Waals surface area contributed by atoms with Crippen molar-refractivity contribution in [1.29, 1.82) is 0 Å². The van der Waals surface area contributed by atoms with Gasteiger partial charge < -0.3 is 5.32 Å². The molecule has 0 amide bonds. The number of nitrogens with zero attached hydrogens (tertiary/aromatic N) is 1. The van der Waals surface area contributed by atoms with E-state index < -0.39 is 0 Å². The molecule has 1 fully saturated rings. The van der Waals surface area contributed by atoms with Crippen LogP contribution in [0.4, 0.5) is 0 Å². The molecule has 1 aliphatic heterocycles. The van der Waals surface area contributed by atoms with E-state index >= 15 is 0 Å². The first-order valence-electron chi connectivity index (χ1n) is 7.03. The summed E-state index contributed by atoms with van der Waals surface area (Å²) in [6, 6.07) is 11.4. The first-order valence-corrected chi connectivity index (χ1v) is 7.44. The molecule has 4 heteroatoms. The molecule has 104 valence electrons. The lowest BCUT2D eigenvalue weighted by molar-refractivity contribution is 0.0736. The van der Waals surface area contributed by atoms with Crippen LogP contribution in [-0.4, -0.2) is 22.2 Å². The van der Waals surface area contributed by atoms with E-state index in [1.165, 1.54) is 24.8 Å². The third kappa shape index (κ3) is 4.18. The van der Waals surface area contributed by atoms with Gasteiger partial charge in [0.05, 0.1) is 0 Å². The van der Waals surface area contributed by atoms with Crippen LogP contribution in [0.5, 0.6) is 0 Å². The molecule has 0 spiro atoms. The molecule has 0 aliphatic carbocycles. The fourth-order valence-electron chi connectivity index (χ4n) is 2.58. The molecule has 1 aliphatic rings. The van der Waals surface area contributed by atoms with Crippen molar-refractivity contribution in [2.45, 2.75) is 51.7 Å². The van der Waals surface area contributed by atoms with Gasteiger partial charge in [-0.1, -0.05) is 36.8 Å². The highest BCUT2D eigenvalue weighted by Crippen LogP contribution is 2.19. The van der Waals surface area contributed by atoms with E-state index in [0.29, 0.717) is 17.2 Å². The minimum absolute atomic E-state index is 0.542. The van der Waals surface area contributed by atoms with Crippen LogP contribution in [-0.2, 0) is 6.54 Å². The summed E-state index contributed by atoms with van der Waals surface area (Å²) in [5, 5.41) is 6.26. The van der Waals surface area contributed by atoms with E-state index in [1.807, 2.05) is 18.2 Å². The molecule has 2 unspecified atom stereocenters. The molecule has 0 aromatic heterocycles. The quantitative estimate of drug-likeness (QED) is 0.831. The summed E-state index contributed by atoms with van der Waals surface area (Å²) >= 11 is 5.38. The molecule has 2 atom stereocenters. The maximum absolute atomic E-state index is 5.38. The largest absolute Gasteiger partial charge is 0.358 e. The molecule has 0 radical (unpaired) electrons. The Bertz CT molecular complexity index is 397. The Labute approximate surface area is 121 Å². The van der Waals surface area contributed by atoms with Gasteiger partial charge >= 0.3 is 0 Å². The molecule has 19 heavy (non-hydrogen) atoms. The molecule has 2 N–H and O–H groups in total. The molecular weight excluding hydrogens is 254 g/mol. The van der Waals surface area contributed by atoms with E-state index in [4.69, 9.17) is 12.2 Å². The minimum Gasteiger partial charge on any atom is -0.358 e. The van der Waals surface area contributed by atoms with Crippen LogP contribution in [0, 0.1) is 0 Å². The van der Waals surface area contributed by atoms with E-state index in [1.54, 1.807) is 0 Å². The number of hydrogen-bond acceptors (Lipinski definition) is 2. The molecule has 1 aromatic rings. The van der Waals surface area contributed by atoms with Crippen molar-refractivity contribution >= 4 is 17.3 Å². The lowest BCUT2D eigenvalue weighted by atomic mass is 10.00. The molecule has 0 saturated carbocycles. The van der Waals surface area contributed by atoms with Crippen molar-refractivity contribution in [3.05, 3.63) is 35.9 Å². The van der Waals surface area contributed by atoms with Crippen molar-refractivity contribution in [2.24, 2.45) is 0 Å². The van der Waals surface area contributed by atoms with Gasteiger partial charge in [0.2, 0.25) is 0 Å². The topological polar surface area (TPSA) is 27.3 Å². The Morgan fingerprint density at radius 3 is 2.47 bits per heavy atom. The highest BCUT2D eigenvalue weighted by Gasteiger charge is 2.24. The third-order valence-corrected chi connectivity index (χ3v) is 3.96. The van der Waals surface area contributed by atoms with Crippen molar-refractivity contribution in [1.82, 2.24) is 15.8 Å². The first-order chi connectivity index (χ1) is 9.16. The lowest BCUT2D eigenvalue weighted by Crippen LogP contribution is -2.56. The Morgan fingerprint density at radius 1 is 1.21 bits per heavy atom. The normalized spacial score (nSPS) is 23.9. The van der Waals surface area contributed by atoms with E-state index in [0.717, 1.165) is 6.54 Å². The number of benzene rings is 1. The summed E-state index contributed by atoms with van der Waals surface area (Å²) in [7, 11) is 0. The molecule has 0 bridgehead atoms. The number of hydrazine groups is 1. The molecule has 3 nitrogen and oxygen atoms in total. The maximum Gasteiger partial charge on any atom is 0.181 e. The average molecular weight is 277 g/mol. The van der Waals surface area contributed by atoms with Crippen LogP contribution in [0.1, 0.15) is 38.7 Å². The van der Waals surface area contributed by atoms with Gasteiger partial charge in [0.15, 0.2) is 5.11 Å². The highest BCUT2D eigenvalue weighted by molar-refractivity contribution is 7.80. The SMILES string of the molecule is CC1CCCC(C)N1NC(=S)NCc1ccccc1. The number of piperidine rings is 1. The minimum atomic E-state index is 0.542. The van der Waals surface area contributed by atoms with Crippen molar-refractivity contribution in [3.8, 4) is 0 Å². The fourth-order valence-corrected chi connectivity index (χ4v) is 2.75. The van der Waals surface area contributed by atoms with Gasteiger partial charge in [-0.15, -0.1) is 0 Å². The summed E-state index contributed by atoms with van der Waals surface area (Å²) in [5.74, 6) is 0. The molecule has 1 saturated heterocycles. The standard InChI is InChI=1S/C15H23N3S/c1-12-7-6-8-13(2)18(12)17-15(19)16-11-14-9-4-3-5-10-14/h3-5,9-10,12-13H,6-8,11H2,1-2H3,(H2,16,17,19). The van der Waals surface area contributed by atoms with Gasteiger partial charge in [0.25, 0.3) is 0 Å². The number of hydrogen-bond donors (Lipinski definition) is 2. The predicted octanol–water partition coefficient (Wildman–Crippen LogP) is 2.83. The second kappa shape index (κ2) is 6.87. The smallest absolute Gasteiger partial charge is 0.181 e. The second-order valence-electron chi connectivity index (χ2n) is 5.32. The molecular formula is C15H23N3S. The van der Waals surface area contributed by atoms with Gasteiger partial charge in [-0.25, -0.2) is 5.01 Å². The zero-order valence-electron chi connectivity index (χ0n) is 11.7. The van der Waals surface area contributed by atoms with E-state index in [9.17, 15) is 0 Å². The summed E-state index contributed by atoms with van der Waals surface area (Å²) < 4.78 is 0. The summed E-state index contributed by atoms with van der Waals surface area (Å²) in [5.41, 5.74) is 4.58. The van der Waals surface area contributed by atoms with Crippen LogP contribution in [0.3, 0.4) is 0 Å². The van der Waals surface area contributed by atoms with Crippen LogP contribution in [0.15, 0.2) is 30.3 Å². The Balaban J connectivity index is 1.80. The lowest BCUT2D eigenvalue weighted by Gasteiger charge is -2.39. The number of thiocarbonyl (C=S) groups is 1. The average Bonchev–Trinajstić information content (AvgIpc) is 2.42. The zero-order valence-corrected chi connectivity index (χ0v) is 12.5. The number of nitrogens with one attached hydrogen (secondary N) is 2. The van der Waals surface area contributed by atoms with Crippen molar-refractivity contribution < 1.29 is 0 Å². The summed E-state index contributed by atoms with van der Waals surface area (Å²) in [6.07, 6.45) is 3.78. The summed E-state index contributed by atoms with van der Waals surface area (Å²) in [6.45, 7) is 5.27. The Morgan fingerprint density at radius 2 is 1.84 bits per heavy atom. The fraction of sp³-hybridized carbons (Fsp3) is 0.533. The van der Waals surface area contributed by atoms with Gasteiger partial charge in [-0.05, 0) is 44.5 Å². The van der Waals surface area contributed by atoms with Gasteiger partial charge in [-0.3, -0.25) is 5.43 Å². The van der Waals surface area contributed by atoms with Crippen LogP contribution in [0.25, 0.3) is 0 Å². The third-order valence-electron chi connectivity index (χ3n) is 3.72. The van der Waals surface area contributed by atoms with Crippen LogP contribution >= 0.6 is 12.2 Å². The zero-order chi connectivity index (χ0) is 13.7. The van der Waals surface area contributed by atoms with Crippen LogP contribution < -0.4 is 10.7 Å². The number of rotatable bonds is 3. The second-order valence-corrected chi connectivity index (χ2v) is 5.72. The van der Waals surface area contributed by atoms with Gasteiger partial charge in [0, 0.05) is 18.6 Å². The van der Waals surface area contributed by atoms with E-state index in [2.05, 4.69) is 41.7 Å². The monoisotopic (exact) mass is 277 g/mol. The highest BCUT2D eigenvalue weighted by atomic mass is 32.1. The van der Waals surface area contributed by atoms with Gasteiger partial charge in [0.1, 0.15) is 0 Å². The molecule has 1 heterocycles.